The Bertz CT molecular complexity index is 1850. The summed E-state index contributed by atoms with van der Waals surface area (Å²) in [6, 6.07) is -2.39. The number of carboxylic acids is 1. The molecular weight excluding hydrogens is 769 g/mol. The van der Waals surface area contributed by atoms with Crippen molar-refractivity contribution in [2.24, 2.45) is 5.16 Å². The fraction of sp³-hybridized carbons (Fsp3) is 0.657. The number of amides is 5. The van der Waals surface area contributed by atoms with E-state index in [2.05, 4.69) is 41.6 Å². The second kappa shape index (κ2) is 17.3. The number of anilines is 1. The molecule has 1 aliphatic heterocycles. The molecular formula is C35H52N10O11S. The van der Waals surface area contributed by atoms with Crippen molar-refractivity contribution in [3.05, 3.63) is 23.0 Å². The number of nitrogens with zero attached hydrogens (tertiary/aromatic N) is 6. The molecule has 5 N–H and O–H groups in total. The van der Waals surface area contributed by atoms with E-state index in [1.807, 2.05) is 0 Å². The molecule has 2 aromatic heterocycles. The first-order valence-corrected chi connectivity index (χ1v) is 19.2. The number of aliphatic carboxylic acids is 1. The molecule has 0 spiro atoms. The standard InChI is InChI=1S/C35H52N10O11S/c1-19(44(31(52)55-34(8,9)10)15-11-14-36-29(50)53-32(2,3)4)20-16-37-45(42-20)17-21-23(25(46)38-21)40-26(47)24(43-56-35(12-13-35)27(48)49)22-18-57-28(39-22)41-30(51)54-33(5,6)7/h16,18-19,21,23H,11-15,17H2,1-10H3,(H,36,50)(H,38,46)(H,40,47)(H,48,49)(H,39,41,51)/b43-24-/t19-,21+,23-/m0/s1. The van der Waals surface area contributed by atoms with Gasteiger partial charge < -0.3 is 40.1 Å². The summed E-state index contributed by atoms with van der Waals surface area (Å²) < 4.78 is 16.2. The Kier molecular flexibility index (Phi) is 13.4. The van der Waals surface area contributed by atoms with Gasteiger partial charge in [-0.25, -0.2) is 24.2 Å². The highest BCUT2D eigenvalue weighted by Crippen LogP contribution is 2.40. The SMILES string of the molecule is C[C@@H](c1cnn(C[C@H]2NC(=O)[C@H]2NC(=O)/C(=N\OC2(C(=O)O)CC2)c2csc(NC(=O)OC(C)(C)C)n2)n1)N(CCCNC(=O)OC(C)(C)C)C(=O)OC(C)(C)C. The highest BCUT2D eigenvalue weighted by molar-refractivity contribution is 7.14. The molecule has 2 aromatic rings. The second-order valence-corrected chi connectivity index (χ2v) is 17.4. The van der Waals surface area contributed by atoms with Crippen LogP contribution < -0.4 is 21.3 Å². The molecule has 2 aliphatic rings. The Morgan fingerprint density at radius 2 is 1.67 bits per heavy atom. The smallest absolute Gasteiger partial charge is 0.413 e. The van der Waals surface area contributed by atoms with Crippen molar-refractivity contribution >= 4 is 58.2 Å². The van der Waals surface area contributed by atoms with E-state index < -0.39 is 82.3 Å². The number of aromatic nitrogens is 4. The summed E-state index contributed by atoms with van der Waals surface area (Å²) in [5, 5.41) is 34.2. The average molecular weight is 821 g/mol. The molecule has 314 valence electrons. The molecule has 0 unspecified atom stereocenters. The van der Waals surface area contributed by atoms with Crippen molar-refractivity contribution in [1.82, 2.24) is 40.8 Å². The minimum atomic E-state index is -1.59. The van der Waals surface area contributed by atoms with Gasteiger partial charge in [0.15, 0.2) is 10.8 Å². The van der Waals surface area contributed by atoms with E-state index >= 15 is 0 Å². The Morgan fingerprint density at radius 1 is 1.04 bits per heavy atom. The molecule has 0 radical (unpaired) electrons. The topological polar surface area (TPSA) is 267 Å². The number of ether oxygens (including phenoxy) is 3. The van der Waals surface area contributed by atoms with Crippen LogP contribution in [0.3, 0.4) is 0 Å². The van der Waals surface area contributed by atoms with Gasteiger partial charge in [0.1, 0.15) is 34.2 Å². The van der Waals surface area contributed by atoms with Gasteiger partial charge >= 0.3 is 24.2 Å². The maximum absolute atomic E-state index is 13.6. The lowest BCUT2D eigenvalue weighted by molar-refractivity contribution is -0.153. The summed E-state index contributed by atoms with van der Waals surface area (Å²) in [5.41, 5.74) is -3.89. The van der Waals surface area contributed by atoms with Crippen LogP contribution in [0.15, 0.2) is 16.7 Å². The molecule has 57 heavy (non-hydrogen) atoms. The molecule has 21 nitrogen and oxygen atoms in total. The monoisotopic (exact) mass is 820 g/mol. The third-order valence-corrected chi connectivity index (χ3v) is 8.71. The van der Waals surface area contributed by atoms with E-state index in [-0.39, 0.29) is 43.3 Å². The number of carbonyl (C=O) groups excluding carboxylic acids is 5. The van der Waals surface area contributed by atoms with Crippen molar-refractivity contribution in [3.8, 4) is 0 Å². The van der Waals surface area contributed by atoms with Gasteiger partial charge in [-0.1, -0.05) is 5.16 Å². The summed E-state index contributed by atoms with van der Waals surface area (Å²) >= 11 is 0.956. The van der Waals surface area contributed by atoms with Gasteiger partial charge in [-0.2, -0.15) is 15.0 Å². The van der Waals surface area contributed by atoms with Gasteiger partial charge in [0.05, 0.1) is 24.8 Å². The van der Waals surface area contributed by atoms with Crippen molar-refractivity contribution in [3.63, 3.8) is 0 Å². The quantitative estimate of drug-likeness (QED) is 0.0568. The molecule has 5 amide bonds. The number of alkyl carbamates (subject to hydrolysis) is 1. The molecule has 1 saturated heterocycles. The van der Waals surface area contributed by atoms with Gasteiger partial charge in [0.2, 0.25) is 11.5 Å². The lowest BCUT2D eigenvalue weighted by atomic mass is 9.98. The average Bonchev–Trinajstić information content (AvgIpc) is 3.47. The zero-order valence-corrected chi connectivity index (χ0v) is 34.6. The molecule has 0 aromatic carbocycles. The van der Waals surface area contributed by atoms with Gasteiger partial charge in [-0.15, -0.1) is 11.3 Å². The van der Waals surface area contributed by atoms with Crippen LogP contribution in [0.1, 0.15) is 106 Å². The van der Waals surface area contributed by atoms with Crippen molar-refractivity contribution in [2.45, 2.75) is 136 Å². The number of carboxylic acid groups (broad SMARTS) is 1. The van der Waals surface area contributed by atoms with Crippen LogP contribution in [-0.2, 0) is 40.0 Å². The number of β-lactam (4-membered cyclic amide) rings is 1. The van der Waals surface area contributed by atoms with Crippen LogP contribution >= 0.6 is 11.3 Å². The first-order chi connectivity index (χ1) is 26.3. The molecule has 2 fully saturated rings. The molecule has 1 saturated carbocycles. The fourth-order valence-electron chi connectivity index (χ4n) is 5.04. The first kappa shape index (κ1) is 44.2. The summed E-state index contributed by atoms with van der Waals surface area (Å²) in [6.07, 6.45) is 0.242. The normalized spacial score (nSPS) is 18.2. The zero-order valence-electron chi connectivity index (χ0n) is 33.8. The van der Waals surface area contributed by atoms with Gasteiger partial charge in [0.25, 0.3) is 5.91 Å². The van der Waals surface area contributed by atoms with E-state index in [0.29, 0.717) is 12.1 Å². The largest absolute Gasteiger partial charge is 0.478 e. The number of nitrogens with one attached hydrogen (secondary N) is 4. The fourth-order valence-corrected chi connectivity index (χ4v) is 5.72. The molecule has 4 rings (SSSR count). The first-order valence-electron chi connectivity index (χ1n) is 18.3. The summed E-state index contributed by atoms with van der Waals surface area (Å²) in [6.45, 7) is 17.8. The Labute approximate surface area is 333 Å². The van der Waals surface area contributed by atoms with Crippen molar-refractivity contribution < 1.29 is 52.9 Å². The van der Waals surface area contributed by atoms with Crippen LogP contribution in [0, 0.1) is 0 Å². The predicted octanol–water partition coefficient (Wildman–Crippen LogP) is 3.32. The molecule has 1 aliphatic carbocycles. The third kappa shape index (κ3) is 13.0. The van der Waals surface area contributed by atoms with E-state index in [1.54, 1.807) is 69.2 Å². The predicted molar refractivity (Wildman–Crippen MR) is 203 cm³/mol. The Balaban J connectivity index is 1.44. The van der Waals surface area contributed by atoms with Crippen molar-refractivity contribution in [1.29, 1.82) is 0 Å². The number of hydrogen-bond donors (Lipinski definition) is 5. The summed E-state index contributed by atoms with van der Waals surface area (Å²) in [7, 11) is 0. The van der Waals surface area contributed by atoms with E-state index in [1.165, 1.54) is 21.3 Å². The van der Waals surface area contributed by atoms with Gasteiger partial charge in [-0.05, 0) is 75.7 Å². The minimum Gasteiger partial charge on any atom is -0.478 e. The highest BCUT2D eigenvalue weighted by Gasteiger charge is 2.55. The second-order valence-electron chi connectivity index (χ2n) is 16.5. The number of carbonyl (C=O) groups is 6. The highest BCUT2D eigenvalue weighted by atomic mass is 32.1. The summed E-state index contributed by atoms with van der Waals surface area (Å²) in [5.74, 6) is -2.66. The number of hydrogen-bond acceptors (Lipinski definition) is 15. The van der Waals surface area contributed by atoms with E-state index in [4.69, 9.17) is 19.0 Å². The van der Waals surface area contributed by atoms with Crippen LogP contribution in [0.5, 0.6) is 0 Å². The number of thiazole rings is 1. The molecule has 0 bridgehead atoms. The number of rotatable bonds is 15. The summed E-state index contributed by atoms with van der Waals surface area (Å²) in [4.78, 5) is 88.1. The van der Waals surface area contributed by atoms with Gasteiger partial charge in [0, 0.05) is 31.3 Å². The minimum absolute atomic E-state index is 0.0153. The van der Waals surface area contributed by atoms with Crippen LogP contribution in [0.25, 0.3) is 0 Å². The van der Waals surface area contributed by atoms with E-state index in [0.717, 1.165) is 11.3 Å². The Morgan fingerprint density at radius 3 is 2.25 bits per heavy atom. The molecule has 22 heteroatoms. The lowest BCUT2D eigenvalue weighted by Gasteiger charge is -2.36. The lowest BCUT2D eigenvalue weighted by Crippen LogP contribution is -2.70. The van der Waals surface area contributed by atoms with Crippen LogP contribution in [-0.4, -0.2) is 119 Å². The number of oxime groups is 1. The zero-order chi connectivity index (χ0) is 42.5. The maximum atomic E-state index is 13.6. The Hall–Kier alpha value is -5.54. The van der Waals surface area contributed by atoms with Crippen molar-refractivity contribution in [2.75, 3.05) is 18.4 Å². The third-order valence-electron chi connectivity index (χ3n) is 7.96. The van der Waals surface area contributed by atoms with Crippen LogP contribution in [0.4, 0.5) is 19.5 Å². The van der Waals surface area contributed by atoms with E-state index in [9.17, 15) is 33.9 Å². The van der Waals surface area contributed by atoms with Gasteiger partial charge in [-0.3, -0.25) is 19.8 Å². The van der Waals surface area contributed by atoms with Crippen LogP contribution in [0.2, 0.25) is 0 Å². The molecule has 3 heterocycles. The molecule has 3 atom stereocenters. The maximum Gasteiger partial charge on any atom is 0.413 e.